The Hall–Kier alpha value is -2.38. The largest absolute Gasteiger partial charge is 0.480 e. The lowest BCUT2D eigenvalue weighted by Crippen LogP contribution is -2.56. The van der Waals surface area contributed by atoms with E-state index in [4.69, 9.17) is 17.2 Å². The maximum atomic E-state index is 12.6. The van der Waals surface area contributed by atoms with Crippen LogP contribution in [0.2, 0.25) is 0 Å². The minimum atomic E-state index is -1.18. The molecule has 4 unspecified atom stereocenters. The van der Waals surface area contributed by atoms with Crippen molar-refractivity contribution in [1.82, 2.24) is 16.0 Å². The van der Waals surface area contributed by atoms with Crippen molar-refractivity contribution in [3.05, 3.63) is 0 Å². The number of nitrogens with one attached hydrogen (secondary N) is 3. The first-order valence-electron chi connectivity index (χ1n) is 10.4. The molecule has 0 aromatic rings. The molecule has 0 heterocycles. The van der Waals surface area contributed by atoms with Gasteiger partial charge in [0.15, 0.2) is 0 Å². The number of primary amides is 1. The SMILES string of the molecule is CSCCC(NC(=O)C(C)NC(=O)C(CCC(N)=O)NC(=O)C(N)CCCCN)C(=O)O. The van der Waals surface area contributed by atoms with Gasteiger partial charge in [-0.3, -0.25) is 19.2 Å². The van der Waals surface area contributed by atoms with Gasteiger partial charge in [-0.2, -0.15) is 11.8 Å². The van der Waals surface area contributed by atoms with Crippen molar-refractivity contribution in [2.24, 2.45) is 17.2 Å². The molecule has 0 bridgehead atoms. The van der Waals surface area contributed by atoms with Crippen LogP contribution in [0.1, 0.15) is 45.4 Å². The molecule has 32 heavy (non-hydrogen) atoms. The average molecular weight is 477 g/mol. The second-order valence-electron chi connectivity index (χ2n) is 7.37. The highest BCUT2D eigenvalue weighted by Crippen LogP contribution is 2.04. The highest BCUT2D eigenvalue weighted by atomic mass is 32.2. The number of aliphatic carboxylic acids is 1. The van der Waals surface area contributed by atoms with Gasteiger partial charge >= 0.3 is 5.97 Å². The molecule has 0 aromatic carbocycles. The fraction of sp³-hybridized carbons (Fsp3) is 0.737. The van der Waals surface area contributed by atoms with Gasteiger partial charge in [-0.05, 0) is 51.2 Å². The Bertz CT molecular complexity index is 650. The number of carboxylic acid groups (broad SMARTS) is 1. The lowest BCUT2D eigenvalue weighted by Gasteiger charge is -2.23. The molecule has 0 spiro atoms. The molecule has 0 fully saturated rings. The molecule has 10 N–H and O–H groups in total. The monoisotopic (exact) mass is 476 g/mol. The molecule has 13 heteroatoms. The molecule has 0 saturated heterocycles. The Kier molecular flexibility index (Phi) is 15.1. The van der Waals surface area contributed by atoms with Crippen LogP contribution < -0.4 is 33.2 Å². The first-order valence-corrected chi connectivity index (χ1v) is 11.8. The van der Waals surface area contributed by atoms with Crippen LogP contribution in [0.25, 0.3) is 0 Å². The molecule has 0 aliphatic heterocycles. The Balaban J connectivity index is 5.03. The van der Waals surface area contributed by atoms with Crippen LogP contribution in [0.15, 0.2) is 0 Å². The van der Waals surface area contributed by atoms with E-state index < -0.39 is 53.8 Å². The fourth-order valence-corrected chi connectivity index (χ4v) is 3.11. The molecular formula is C19H36N6O6S. The number of carboxylic acids is 1. The van der Waals surface area contributed by atoms with Crippen molar-refractivity contribution in [3.63, 3.8) is 0 Å². The Morgan fingerprint density at radius 1 is 0.906 bits per heavy atom. The predicted molar refractivity (Wildman–Crippen MR) is 121 cm³/mol. The van der Waals surface area contributed by atoms with Crippen LogP contribution >= 0.6 is 11.8 Å². The van der Waals surface area contributed by atoms with Gasteiger partial charge < -0.3 is 38.3 Å². The van der Waals surface area contributed by atoms with Crippen LogP contribution in [-0.4, -0.2) is 77.4 Å². The van der Waals surface area contributed by atoms with E-state index in [1.54, 1.807) is 0 Å². The van der Waals surface area contributed by atoms with Crippen LogP contribution in [0, 0.1) is 0 Å². The minimum Gasteiger partial charge on any atom is -0.480 e. The Morgan fingerprint density at radius 3 is 2.06 bits per heavy atom. The van der Waals surface area contributed by atoms with Crippen molar-refractivity contribution >= 4 is 41.4 Å². The van der Waals surface area contributed by atoms with Gasteiger partial charge in [-0.1, -0.05) is 6.42 Å². The zero-order valence-corrected chi connectivity index (χ0v) is 19.4. The van der Waals surface area contributed by atoms with E-state index in [-0.39, 0.29) is 19.3 Å². The first kappa shape index (κ1) is 29.6. The molecule has 0 aliphatic carbocycles. The summed E-state index contributed by atoms with van der Waals surface area (Å²) in [5.41, 5.74) is 16.4. The average Bonchev–Trinajstić information content (AvgIpc) is 2.73. The summed E-state index contributed by atoms with van der Waals surface area (Å²) in [4.78, 5) is 59.8. The summed E-state index contributed by atoms with van der Waals surface area (Å²) in [6.45, 7) is 1.85. The zero-order chi connectivity index (χ0) is 24.7. The number of carbonyl (C=O) groups excluding carboxylic acids is 4. The first-order chi connectivity index (χ1) is 15.0. The summed E-state index contributed by atoms with van der Waals surface area (Å²) in [6.07, 6.45) is 3.50. The lowest BCUT2D eigenvalue weighted by atomic mass is 10.1. The standard InChI is InChI=1S/C19H36N6O6S/c1-11(16(27)25-14(19(30)31)8-10-32-2)23-18(29)13(6-7-15(22)26)24-17(28)12(21)5-3-4-9-20/h11-14H,3-10,20-21H2,1-2H3,(H2,22,26)(H,23,29)(H,24,28)(H,25,27)(H,30,31). The van der Waals surface area contributed by atoms with Gasteiger partial charge in [-0.15, -0.1) is 0 Å². The zero-order valence-electron chi connectivity index (χ0n) is 18.6. The van der Waals surface area contributed by atoms with Crippen molar-refractivity contribution in [3.8, 4) is 0 Å². The van der Waals surface area contributed by atoms with Crippen LogP contribution in [0.3, 0.4) is 0 Å². The van der Waals surface area contributed by atoms with Gasteiger partial charge in [0.25, 0.3) is 0 Å². The van der Waals surface area contributed by atoms with E-state index in [0.717, 1.165) is 0 Å². The summed E-state index contributed by atoms with van der Waals surface area (Å²) in [6, 6.07) is -4.17. The van der Waals surface area contributed by atoms with Crippen LogP contribution in [0.5, 0.6) is 0 Å². The molecule has 4 amide bonds. The van der Waals surface area contributed by atoms with E-state index in [1.807, 2.05) is 6.26 Å². The van der Waals surface area contributed by atoms with E-state index in [2.05, 4.69) is 16.0 Å². The maximum absolute atomic E-state index is 12.6. The third-order valence-corrected chi connectivity index (χ3v) is 5.24. The summed E-state index contributed by atoms with van der Waals surface area (Å²) >= 11 is 1.44. The molecule has 4 atom stereocenters. The molecule has 12 nitrogen and oxygen atoms in total. The van der Waals surface area contributed by atoms with E-state index in [1.165, 1.54) is 18.7 Å². The fourth-order valence-electron chi connectivity index (χ4n) is 2.64. The Labute approximate surface area is 192 Å². The molecular weight excluding hydrogens is 440 g/mol. The van der Waals surface area contributed by atoms with Crippen LogP contribution in [-0.2, 0) is 24.0 Å². The number of rotatable bonds is 17. The minimum absolute atomic E-state index is 0.0811. The number of amides is 4. The number of carbonyl (C=O) groups is 5. The Morgan fingerprint density at radius 2 is 1.53 bits per heavy atom. The number of hydrogen-bond donors (Lipinski definition) is 7. The summed E-state index contributed by atoms with van der Waals surface area (Å²) in [5, 5.41) is 16.5. The van der Waals surface area contributed by atoms with Gasteiger partial charge in [0.1, 0.15) is 18.1 Å². The maximum Gasteiger partial charge on any atom is 0.326 e. The number of hydrogen-bond acceptors (Lipinski definition) is 8. The highest BCUT2D eigenvalue weighted by Gasteiger charge is 2.28. The quantitative estimate of drug-likeness (QED) is 0.115. The summed E-state index contributed by atoms with van der Waals surface area (Å²) in [7, 11) is 0. The van der Waals surface area contributed by atoms with E-state index >= 15 is 0 Å². The third kappa shape index (κ3) is 12.5. The van der Waals surface area contributed by atoms with Crippen molar-refractivity contribution in [2.75, 3.05) is 18.6 Å². The second-order valence-corrected chi connectivity index (χ2v) is 8.35. The van der Waals surface area contributed by atoms with Gasteiger partial charge in [0, 0.05) is 6.42 Å². The number of unbranched alkanes of at least 4 members (excludes halogenated alkanes) is 1. The highest BCUT2D eigenvalue weighted by molar-refractivity contribution is 7.98. The normalized spacial score (nSPS) is 14.5. The summed E-state index contributed by atoms with van der Waals surface area (Å²) < 4.78 is 0. The van der Waals surface area contributed by atoms with Crippen LogP contribution in [0.4, 0.5) is 0 Å². The number of nitrogens with two attached hydrogens (primary N) is 3. The molecule has 0 radical (unpaired) electrons. The van der Waals surface area contributed by atoms with Crippen molar-refractivity contribution in [1.29, 1.82) is 0 Å². The third-order valence-electron chi connectivity index (χ3n) is 4.60. The van der Waals surface area contributed by atoms with E-state index in [9.17, 15) is 29.1 Å². The van der Waals surface area contributed by atoms with E-state index in [0.29, 0.717) is 31.6 Å². The summed E-state index contributed by atoms with van der Waals surface area (Å²) in [5.74, 6) is -3.29. The molecule has 184 valence electrons. The lowest BCUT2D eigenvalue weighted by molar-refractivity contribution is -0.142. The van der Waals surface area contributed by atoms with Crippen molar-refractivity contribution in [2.45, 2.75) is 69.6 Å². The topological polar surface area (TPSA) is 220 Å². The van der Waals surface area contributed by atoms with Gasteiger partial charge in [0.05, 0.1) is 6.04 Å². The van der Waals surface area contributed by atoms with Crippen molar-refractivity contribution < 1.29 is 29.1 Å². The molecule has 0 aromatic heterocycles. The molecule has 0 rings (SSSR count). The number of thioether (sulfide) groups is 1. The predicted octanol–water partition coefficient (Wildman–Crippen LogP) is -1.98. The van der Waals surface area contributed by atoms with Gasteiger partial charge in [-0.25, -0.2) is 4.79 Å². The molecule has 0 aliphatic rings. The smallest absolute Gasteiger partial charge is 0.326 e. The second kappa shape index (κ2) is 16.3. The molecule has 0 saturated carbocycles. The van der Waals surface area contributed by atoms with Gasteiger partial charge in [0.2, 0.25) is 23.6 Å².